The largest absolute Gasteiger partial charge is 0.493 e. The molecular weight excluding hydrogens is 270 g/mol. The smallest absolute Gasteiger partial charge is 0.161 e. The maximum absolute atomic E-state index is 9.28. The highest BCUT2D eigenvalue weighted by atomic mass is 16.5. The lowest BCUT2D eigenvalue weighted by molar-refractivity contribution is -0.0806. The van der Waals surface area contributed by atoms with Crippen LogP contribution in [0.3, 0.4) is 0 Å². The zero-order valence-electron chi connectivity index (χ0n) is 13.3. The third-order valence-electron chi connectivity index (χ3n) is 4.05. The van der Waals surface area contributed by atoms with E-state index in [0.29, 0.717) is 12.6 Å². The molecule has 21 heavy (non-hydrogen) atoms. The van der Waals surface area contributed by atoms with E-state index >= 15 is 0 Å². The fourth-order valence-corrected chi connectivity index (χ4v) is 2.62. The summed E-state index contributed by atoms with van der Waals surface area (Å²) in [6, 6.07) is 4.37. The summed E-state index contributed by atoms with van der Waals surface area (Å²) < 4.78 is 16.3. The number of hydrogen-bond acceptors (Lipinski definition) is 5. The summed E-state index contributed by atoms with van der Waals surface area (Å²) in [5.74, 6) is 1.50. The Hall–Kier alpha value is -1.30. The van der Waals surface area contributed by atoms with Crippen molar-refractivity contribution in [1.29, 1.82) is 0 Å². The quantitative estimate of drug-likeness (QED) is 0.894. The van der Waals surface area contributed by atoms with Crippen molar-refractivity contribution in [2.24, 2.45) is 0 Å². The summed E-state index contributed by atoms with van der Waals surface area (Å²) in [4.78, 5) is 2.33. The molecule has 1 N–H and O–H groups in total. The van der Waals surface area contributed by atoms with Crippen molar-refractivity contribution in [3.63, 3.8) is 0 Å². The van der Waals surface area contributed by atoms with Gasteiger partial charge < -0.3 is 19.3 Å². The lowest BCUT2D eigenvalue weighted by atomic mass is 10.1. The number of methoxy groups -OCH3 is 2. The lowest BCUT2D eigenvalue weighted by Crippen LogP contribution is -2.48. The van der Waals surface area contributed by atoms with Gasteiger partial charge in [0.1, 0.15) is 0 Å². The molecule has 0 radical (unpaired) electrons. The molecule has 5 nitrogen and oxygen atoms in total. The van der Waals surface area contributed by atoms with E-state index in [4.69, 9.17) is 14.2 Å². The van der Waals surface area contributed by atoms with Crippen LogP contribution < -0.4 is 9.47 Å². The molecule has 0 bridgehead atoms. The van der Waals surface area contributed by atoms with Crippen molar-refractivity contribution in [3.05, 3.63) is 23.3 Å². The molecule has 0 aromatic heterocycles. The first-order chi connectivity index (χ1) is 10.1. The van der Waals surface area contributed by atoms with Gasteiger partial charge in [0, 0.05) is 19.1 Å². The van der Waals surface area contributed by atoms with Crippen molar-refractivity contribution in [2.75, 3.05) is 34.0 Å². The molecule has 0 aliphatic carbocycles. The maximum atomic E-state index is 9.28. The third kappa shape index (κ3) is 3.67. The van der Waals surface area contributed by atoms with Crippen LogP contribution in [0.1, 0.15) is 18.1 Å². The molecule has 1 aromatic carbocycles. The van der Waals surface area contributed by atoms with E-state index < -0.39 is 0 Å². The van der Waals surface area contributed by atoms with E-state index in [-0.39, 0.29) is 12.7 Å². The van der Waals surface area contributed by atoms with E-state index in [0.717, 1.165) is 24.6 Å². The molecule has 5 heteroatoms. The number of aliphatic hydroxyl groups is 1. The Morgan fingerprint density at radius 2 is 1.95 bits per heavy atom. The number of hydrogen-bond donors (Lipinski definition) is 1. The van der Waals surface area contributed by atoms with E-state index in [1.54, 1.807) is 14.2 Å². The van der Waals surface area contributed by atoms with Crippen LogP contribution in [0.5, 0.6) is 11.5 Å². The highest BCUT2D eigenvalue weighted by Gasteiger charge is 2.26. The molecule has 1 aromatic rings. The van der Waals surface area contributed by atoms with E-state index in [1.807, 2.05) is 12.1 Å². The molecule has 1 aliphatic heterocycles. The summed E-state index contributed by atoms with van der Waals surface area (Å²) in [6.45, 7) is 6.49. The SMILES string of the molecule is COc1cc(C)c(CN2CC(CO)OCC2C)cc1OC. The fourth-order valence-electron chi connectivity index (χ4n) is 2.62. The Balaban J connectivity index is 2.18. The highest BCUT2D eigenvalue weighted by molar-refractivity contribution is 5.47. The molecule has 1 aliphatic rings. The number of benzene rings is 1. The van der Waals surface area contributed by atoms with Crippen molar-refractivity contribution < 1.29 is 19.3 Å². The summed E-state index contributed by atoms with van der Waals surface area (Å²) >= 11 is 0. The van der Waals surface area contributed by atoms with E-state index in [2.05, 4.69) is 18.7 Å². The van der Waals surface area contributed by atoms with Crippen LogP contribution in [0.15, 0.2) is 12.1 Å². The molecule has 0 amide bonds. The standard InChI is InChI=1S/C16H25NO4/c1-11-5-15(19-3)16(20-4)6-13(11)7-17-8-14(9-18)21-10-12(17)2/h5-6,12,14,18H,7-10H2,1-4H3. The number of aryl methyl sites for hydroxylation is 1. The molecule has 2 rings (SSSR count). The first kappa shape index (κ1) is 16.1. The number of aliphatic hydroxyl groups excluding tert-OH is 1. The Kier molecular flexibility index (Phi) is 5.45. The van der Waals surface area contributed by atoms with Crippen molar-refractivity contribution in [1.82, 2.24) is 4.90 Å². The van der Waals surface area contributed by atoms with Crippen molar-refractivity contribution >= 4 is 0 Å². The fraction of sp³-hybridized carbons (Fsp3) is 0.625. The number of morpholine rings is 1. The van der Waals surface area contributed by atoms with Crippen LogP contribution in [0.4, 0.5) is 0 Å². The van der Waals surface area contributed by atoms with Gasteiger partial charge in [-0.2, -0.15) is 0 Å². The molecule has 0 saturated carbocycles. The zero-order chi connectivity index (χ0) is 15.4. The highest BCUT2D eigenvalue weighted by Crippen LogP contribution is 2.31. The van der Waals surface area contributed by atoms with Gasteiger partial charge in [-0.3, -0.25) is 4.90 Å². The first-order valence-corrected chi connectivity index (χ1v) is 7.27. The van der Waals surface area contributed by atoms with Gasteiger partial charge in [-0.1, -0.05) is 0 Å². The zero-order valence-corrected chi connectivity index (χ0v) is 13.3. The number of ether oxygens (including phenoxy) is 3. The molecule has 2 atom stereocenters. The topological polar surface area (TPSA) is 51.2 Å². The average Bonchev–Trinajstić information content (AvgIpc) is 2.50. The number of rotatable bonds is 5. The molecule has 1 heterocycles. The molecule has 118 valence electrons. The van der Waals surface area contributed by atoms with Crippen LogP contribution in [0.25, 0.3) is 0 Å². The van der Waals surface area contributed by atoms with Crippen LogP contribution in [0.2, 0.25) is 0 Å². The van der Waals surface area contributed by atoms with Gasteiger partial charge in [0.05, 0.1) is 33.5 Å². The van der Waals surface area contributed by atoms with Gasteiger partial charge in [0.15, 0.2) is 11.5 Å². The Labute approximate surface area is 126 Å². The van der Waals surface area contributed by atoms with Gasteiger partial charge in [-0.15, -0.1) is 0 Å². The second-order valence-electron chi connectivity index (χ2n) is 5.55. The second kappa shape index (κ2) is 7.11. The lowest BCUT2D eigenvalue weighted by Gasteiger charge is -2.37. The van der Waals surface area contributed by atoms with Crippen LogP contribution in [-0.4, -0.2) is 56.1 Å². The van der Waals surface area contributed by atoms with Gasteiger partial charge in [-0.05, 0) is 37.1 Å². The Morgan fingerprint density at radius 1 is 1.29 bits per heavy atom. The average molecular weight is 295 g/mol. The summed E-state index contributed by atoms with van der Waals surface area (Å²) in [5, 5.41) is 9.28. The summed E-state index contributed by atoms with van der Waals surface area (Å²) in [7, 11) is 3.29. The minimum atomic E-state index is -0.0957. The third-order valence-corrected chi connectivity index (χ3v) is 4.05. The summed E-state index contributed by atoms with van der Waals surface area (Å²) in [5.41, 5.74) is 2.38. The van der Waals surface area contributed by atoms with E-state index in [9.17, 15) is 5.11 Å². The predicted molar refractivity (Wildman–Crippen MR) is 81.0 cm³/mol. The Bertz CT molecular complexity index is 478. The predicted octanol–water partition coefficient (Wildman–Crippen LogP) is 1.59. The van der Waals surface area contributed by atoms with Crippen LogP contribution in [0, 0.1) is 6.92 Å². The minimum Gasteiger partial charge on any atom is -0.493 e. The maximum Gasteiger partial charge on any atom is 0.161 e. The van der Waals surface area contributed by atoms with Crippen LogP contribution in [-0.2, 0) is 11.3 Å². The van der Waals surface area contributed by atoms with Gasteiger partial charge in [0.2, 0.25) is 0 Å². The number of nitrogens with zero attached hydrogens (tertiary/aromatic N) is 1. The Morgan fingerprint density at radius 3 is 2.57 bits per heavy atom. The normalized spacial score (nSPS) is 23.1. The van der Waals surface area contributed by atoms with Crippen molar-refractivity contribution in [3.8, 4) is 11.5 Å². The summed E-state index contributed by atoms with van der Waals surface area (Å²) in [6.07, 6.45) is -0.0957. The van der Waals surface area contributed by atoms with E-state index in [1.165, 1.54) is 11.1 Å². The van der Waals surface area contributed by atoms with Gasteiger partial charge in [-0.25, -0.2) is 0 Å². The van der Waals surface area contributed by atoms with Crippen molar-refractivity contribution in [2.45, 2.75) is 32.5 Å². The first-order valence-electron chi connectivity index (χ1n) is 7.27. The monoisotopic (exact) mass is 295 g/mol. The second-order valence-corrected chi connectivity index (χ2v) is 5.55. The van der Waals surface area contributed by atoms with Crippen LogP contribution >= 0.6 is 0 Å². The minimum absolute atomic E-state index is 0.0636. The molecule has 0 spiro atoms. The molecule has 2 unspecified atom stereocenters. The molecular formula is C16H25NO4. The van der Waals surface area contributed by atoms with Gasteiger partial charge >= 0.3 is 0 Å². The molecule has 1 fully saturated rings. The van der Waals surface area contributed by atoms with Gasteiger partial charge in [0.25, 0.3) is 0 Å². The molecule has 1 saturated heterocycles.